The highest BCUT2D eigenvalue weighted by Gasteiger charge is 2.21. The van der Waals surface area contributed by atoms with Crippen molar-refractivity contribution in [2.24, 2.45) is 5.73 Å². The van der Waals surface area contributed by atoms with E-state index in [1.807, 2.05) is 0 Å². The van der Waals surface area contributed by atoms with E-state index in [2.05, 4.69) is 90.3 Å². The van der Waals surface area contributed by atoms with Crippen LogP contribution in [0.5, 0.6) is 0 Å². The van der Waals surface area contributed by atoms with Crippen molar-refractivity contribution in [1.82, 2.24) is 4.90 Å². The lowest BCUT2D eigenvalue weighted by Gasteiger charge is -2.31. The Bertz CT molecular complexity index is 561. The fourth-order valence-corrected chi connectivity index (χ4v) is 2.96. The van der Waals surface area contributed by atoms with Crippen molar-refractivity contribution in [1.29, 1.82) is 0 Å². The van der Waals surface area contributed by atoms with Gasteiger partial charge in [0, 0.05) is 23.1 Å². The van der Waals surface area contributed by atoms with Crippen LogP contribution in [0, 0.1) is 6.92 Å². The Morgan fingerprint density at radius 2 is 1.62 bits per heavy atom. The first-order valence-corrected chi connectivity index (χ1v) is 8.03. The zero-order valence-electron chi connectivity index (χ0n) is 12.9. The monoisotopic (exact) mass is 346 g/mol. The number of benzene rings is 2. The summed E-state index contributed by atoms with van der Waals surface area (Å²) < 4.78 is 1.09. The van der Waals surface area contributed by atoms with Gasteiger partial charge in [-0.1, -0.05) is 57.9 Å². The fraction of sp³-hybridized carbons (Fsp3) is 0.333. The molecule has 2 atom stereocenters. The molecule has 2 nitrogen and oxygen atoms in total. The molecule has 0 fully saturated rings. The molecule has 0 bridgehead atoms. The number of nitrogens with two attached hydrogens (primary N) is 1. The first kappa shape index (κ1) is 16.2. The van der Waals surface area contributed by atoms with Crippen LogP contribution in [0.2, 0.25) is 0 Å². The molecule has 0 aromatic heterocycles. The molecule has 2 unspecified atom stereocenters. The Morgan fingerprint density at radius 3 is 2.14 bits per heavy atom. The van der Waals surface area contributed by atoms with Gasteiger partial charge < -0.3 is 5.73 Å². The number of hydrogen-bond donors (Lipinski definition) is 1. The van der Waals surface area contributed by atoms with Gasteiger partial charge in [-0.2, -0.15) is 0 Å². The molecular formula is C18H23BrN2. The summed E-state index contributed by atoms with van der Waals surface area (Å²) in [7, 11) is 2.13. The van der Waals surface area contributed by atoms with Crippen LogP contribution in [0.3, 0.4) is 0 Å². The van der Waals surface area contributed by atoms with Crippen molar-refractivity contribution >= 4 is 15.9 Å². The normalized spacial score (nSPS) is 14.2. The third kappa shape index (κ3) is 4.40. The van der Waals surface area contributed by atoms with E-state index in [0.717, 1.165) is 11.0 Å². The third-order valence-corrected chi connectivity index (χ3v) is 4.27. The highest BCUT2D eigenvalue weighted by Crippen LogP contribution is 2.25. The first-order chi connectivity index (χ1) is 9.97. The maximum Gasteiger partial charge on any atom is 0.0496 e. The number of halogens is 1. The van der Waals surface area contributed by atoms with Gasteiger partial charge in [0.15, 0.2) is 0 Å². The van der Waals surface area contributed by atoms with Crippen LogP contribution in [0.25, 0.3) is 0 Å². The Morgan fingerprint density at radius 1 is 1.05 bits per heavy atom. The number of likely N-dealkylation sites (N-methyl/N-ethyl adjacent to an activating group) is 1. The van der Waals surface area contributed by atoms with Crippen LogP contribution in [0.1, 0.15) is 29.7 Å². The number of nitrogens with zero attached hydrogens (tertiary/aromatic N) is 1. The molecule has 0 radical (unpaired) electrons. The van der Waals surface area contributed by atoms with Crippen LogP contribution in [0.4, 0.5) is 0 Å². The first-order valence-electron chi connectivity index (χ1n) is 7.24. The highest BCUT2D eigenvalue weighted by molar-refractivity contribution is 9.10. The van der Waals surface area contributed by atoms with Crippen molar-refractivity contribution in [3.05, 3.63) is 69.7 Å². The molecule has 2 aromatic rings. The zero-order chi connectivity index (χ0) is 15.4. The molecule has 2 aromatic carbocycles. The Labute approximate surface area is 136 Å². The molecule has 0 spiro atoms. The number of rotatable bonds is 5. The van der Waals surface area contributed by atoms with E-state index in [1.54, 1.807) is 0 Å². The largest absolute Gasteiger partial charge is 0.326 e. The van der Waals surface area contributed by atoms with Gasteiger partial charge in [-0.05, 0) is 44.2 Å². The summed E-state index contributed by atoms with van der Waals surface area (Å²) in [4.78, 5) is 2.32. The zero-order valence-corrected chi connectivity index (χ0v) is 14.5. The van der Waals surface area contributed by atoms with E-state index >= 15 is 0 Å². The molecule has 112 valence electrons. The van der Waals surface area contributed by atoms with E-state index in [1.165, 1.54) is 16.7 Å². The molecule has 2 rings (SSSR count). The number of aryl methyl sites for hydroxylation is 1. The highest BCUT2D eigenvalue weighted by atomic mass is 79.9. The van der Waals surface area contributed by atoms with Gasteiger partial charge in [0.05, 0.1) is 0 Å². The van der Waals surface area contributed by atoms with Gasteiger partial charge in [-0.15, -0.1) is 0 Å². The lowest BCUT2D eigenvalue weighted by Crippen LogP contribution is -2.36. The molecule has 3 heteroatoms. The predicted octanol–water partition coefficient (Wildman–Crippen LogP) is 4.28. The molecule has 0 saturated heterocycles. The van der Waals surface area contributed by atoms with Crippen LogP contribution >= 0.6 is 15.9 Å². The SMILES string of the molecule is Cc1ccc(CN(C)C(c2ccc(Br)cc2)C(C)N)cc1. The summed E-state index contributed by atoms with van der Waals surface area (Å²) in [6.45, 7) is 5.07. The van der Waals surface area contributed by atoms with Gasteiger partial charge in [-0.25, -0.2) is 0 Å². The molecular weight excluding hydrogens is 324 g/mol. The molecule has 0 aliphatic carbocycles. The van der Waals surface area contributed by atoms with Crippen LogP contribution in [0.15, 0.2) is 53.0 Å². The van der Waals surface area contributed by atoms with Gasteiger partial charge in [0.25, 0.3) is 0 Å². The van der Waals surface area contributed by atoms with E-state index in [-0.39, 0.29) is 12.1 Å². The second-order valence-corrected chi connectivity index (χ2v) is 6.67. The minimum Gasteiger partial charge on any atom is -0.326 e. The van der Waals surface area contributed by atoms with Crippen molar-refractivity contribution in [3.8, 4) is 0 Å². The quantitative estimate of drug-likeness (QED) is 0.875. The molecule has 2 N–H and O–H groups in total. The van der Waals surface area contributed by atoms with E-state index in [9.17, 15) is 0 Å². The van der Waals surface area contributed by atoms with E-state index in [0.29, 0.717) is 0 Å². The van der Waals surface area contributed by atoms with Crippen molar-refractivity contribution in [2.45, 2.75) is 32.5 Å². The van der Waals surface area contributed by atoms with Gasteiger partial charge in [-0.3, -0.25) is 4.90 Å². The summed E-state index contributed by atoms with van der Waals surface area (Å²) in [6.07, 6.45) is 0. The standard InChI is InChI=1S/C18H23BrN2/c1-13-4-6-15(7-5-13)12-21(3)18(14(2)20)16-8-10-17(19)11-9-16/h4-11,14,18H,12,20H2,1-3H3. The maximum atomic E-state index is 6.23. The smallest absolute Gasteiger partial charge is 0.0496 e. The average molecular weight is 347 g/mol. The third-order valence-electron chi connectivity index (χ3n) is 3.74. The molecule has 0 saturated carbocycles. The molecule has 0 amide bonds. The van der Waals surface area contributed by atoms with E-state index in [4.69, 9.17) is 5.73 Å². The molecule has 0 aliphatic rings. The Hall–Kier alpha value is -1.16. The van der Waals surface area contributed by atoms with Crippen LogP contribution in [-0.2, 0) is 6.54 Å². The number of hydrogen-bond acceptors (Lipinski definition) is 2. The molecule has 0 heterocycles. The summed E-state index contributed by atoms with van der Waals surface area (Å²) >= 11 is 3.48. The Kier molecular flexibility index (Phi) is 5.57. The molecule has 0 aliphatic heterocycles. The molecule has 21 heavy (non-hydrogen) atoms. The summed E-state index contributed by atoms with van der Waals surface area (Å²) in [5.41, 5.74) is 10.1. The van der Waals surface area contributed by atoms with Crippen molar-refractivity contribution in [2.75, 3.05) is 7.05 Å². The lowest BCUT2D eigenvalue weighted by molar-refractivity contribution is 0.211. The summed E-state index contributed by atoms with van der Waals surface area (Å²) in [5, 5.41) is 0. The maximum absolute atomic E-state index is 6.23. The second-order valence-electron chi connectivity index (χ2n) is 5.76. The minimum absolute atomic E-state index is 0.0709. The van der Waals surface area contributed by atoms with Gasteiger partial charge in [0.1, 0.15) is 0 Å². The van der Waals surface area contributed by atoms with Crippen molar-refractivity contribution < 1.29 is 0 Å². The summed E-state index contributed by atoms with van der Waals surface area (Å²) in [5.74, 6) is 0. The average Bonchev–Trinajstić information content (AvgIpc) is 2.43. The Balaban J connectivity index is 2.17. The van der Waals surface area contributed by atoms with Crippen LogP contribution in [-0.4, -0.2) is 18.0 Å². The lowest BCUT2D eigenvalue weighted by atomic mass is 9.99. The van der Waals surface area contributed by atoms with E-state index < -0.39 is 0 Å². The van der Waals surface area contributed by atoms with Crippen molar-refractivity contribution in [3.63, 3.8) is 0 Å². The topological polar surface area (TPSA) is 29.3 Å². The predicted molar refractivity (Wildman–Crippen MR) is 93.2 cm³/mol. The fourth-order valence-electron chi connectivity index (χ4n) is 2.70. The minimum atomic E-state index is 0.0709. The summed E-state index contributed by atoms with van der Waals surface area (Å²) in [6, 6.07) is 17.4. The second kappa shape index (κ2) is 7.21. The van der Waals surface area contributed by atoms with Crippen LogP contribution < -0.4 is 5.73 Å². The van der Waals surface area contributed by atoms with Gasteiger partial charge in [0.2, 0.25) is 0 Å². The van der Waals surface area contributed by atoms with Gasteiger partial charge >= 0.3 is 0 Å².